The molecule has 1 N–H and O–H groups in total. The summed E-state index contributed by atoms with van der Waals surface area (Å²) in [5.41, 5.74) is 0. The molecule has 0 aromatic carbocycles. The van der Waals surface area contributed by atoms with Gasteiger partial charge in [-0.2, -0.15) is 0 Å². The summed E-state index contributed by atoms with van der Waals surface area (Å²) >= 11 is 0. The Kier molecular flexibility index (Phi) is 12.6. The lowest BCUT2D eigenvalue weighted by Gasteiger charge is -2.38. The molecular weight excluding hydrogens is 499 g/mol. The van der Waals surface area contributed by atoms with Gasteiger partial charge < -0.3 is 24.8 Å². The van der Waals surface area contributed by atoms with Gasteiger partial charge in [-0.3, -0.25) is 14.5 Å². The fourth-order valence-electron chi connectivity index (χ4n) is 3.64. The molecule has 2 rings (SSSR count). The molecule has 0 aromatic heterocycles. The van der Waals surface area contributed by atoms with E-state index < -0.39 is 0 Å². The Labute approximate surface area is 198 Å². The van der Waals surface area contributed by atoms with Crippen LogP contribution in [0.15, 0.2) is 4.99 Å². The van der Waals surface area contributed by atoms with E-state index in [9.17, 15) is 9.59 Å². The van der Waals surface area contributed by atoms with Crippen molar-refractivity contribution in [1.82, 2.24) is 24.9 Å². The molecule has 0 spiro atoms. The van der Waals surface area contributed by atoms with Gasteiger partial charge in [-0.1, -0.05) is 0 Å². The molecular formula is C20H39IN6O3. The number of hydrogen-bond acceptors (Lipinski definition) is 5. The number of carbonyl (C=O) groups is 2. The second kappa shape index (κ2) is 14.0. The van der Waals surface area contributed by atoms with Crippen LogP contribution in [0.25, 0.3) is 0 Å². The third kappa shape index (κ3) is 8.18. The van der Waals surface area contributed by atoms with Crippen molar-refractivity contribution in [3.63, 3.8) is 0 Å². The number of likely N-dealkylation sites (N-methyl/N-ethyl adjacent to an activating group) is 2. The van der Waals surface area contributed by atoms with Crippen molar-refractivity contribution < 1.29 is 14.3 Å². The van der Waals surface area contributed by atoms with E-state index in [-0.39, 0.29) is 48.4 Å². The molecule has 1 unspecified atom stereocenters. The van der Waals surface area contributed by atoms with Crippen LogP contribution in [-0.4, -0.2) is 124 Å². The lowest BCUT2D eigenvalue weighted by molar-refractivity contribution is -0.136. The zero-order valence-electron chi connectivity index (χ0n) is 18.9. The average molecular weight is 538 g/mol. The first-order valence-electron chi connectivity index (χ1n) is 10.7. The number of nitrogens with one attached hydrogen (secondary N) is 1. The Morgan fingerprint density at radius 3 is 2.37 bits per heavy atom. The van der Waals surface area contributed by atoms with Gasteiger partial charge in [0.2, 0.25) is 11.8 Å². The molecule has 0 aromatic rings. The molecule has 10 heteroatoms. The van der Waals surface area contributed by atoms with E-state index in [0.717, 1.165) is 51.4 Å². The summed E-state index contributed by atoms with van der Waals surface area (Å²) in [5.74, 6) is 0.953. The molecule has 2 heterocycles. The van der Waals surface area contributed by atoms with Gasteiger partial charge in [0.05, 0.1) is 6.04 Å². The van der Waals surface area contributed by atoms with Crippen LogP contribution < -0.4 is 5.32 Å². The summed E-state index contributed by atoms with van der Waals surface area (Å²) in [6.07, 6.45) is 2.92. The van der Waals surface area contributed by atoms with Gasteiger partial charge >= 0.3 is 0 Å². The topological polar surface area (TPSA) is 80.7 Å². The number of hydrogen-bond donors (Lipinski definition) is 1. The van der Waals surface area contributed by atoms with Crippen molar-refractivity contribution in [3.05, 3.63) is 0 Å². The summed E-state index contributed by atoms with van der Waals surface area (Å²) in [6, 6.07) is 0.0316. The van der Waals surface area contributed by atoms with Gasteiger partial charge in [-0.15, -0.1) is 24.0 Å². The lowest BCUT2D eigenvalue weighted by atomic mass is 10.1. The van der Waals surface area contributed by atoms with Crippen LogP contribution in [0, 0.1) is 0 Å². The van der Waals surface area contributed by atoms with Crippen LogP contribution in [0.1, 0.15) is 26.2 Å². The largest absolute Gasteiger partial charge is 0.382 e. The van der Waals surface area contributed by atoms with E-state index in [1.54, 1.807) is 19.0 Å². The van der Waals surface area contributed by atoms with E-state index in [2.05, 4.69) is 20.1 Å². The van der Waals surface area contributed by atoms with Crippen LogP contribution in [0.4, 0.5) is 0 Å². The standard InChI is InChI=1S/C20H38N6O3.HI/c1-5-29-15-7-9-21-20(22-16-18(27)23(2)3)26-13-11-25(12-14-26)19(28)17-8-6-10-24(17)4;/h17H,5-16H2,1-4H3,(H,21,22);1H. The van der Waals surface area contributed by atoms with Gasteiger partial charge in [0, 0.05) is 60.0 Å². The third-order valence-corrected chi connectivity index (χ3v) is 5.51. The smallest absolute Gasteiger partial charge is 0.243 e. The molecule has 174 valence electrons. The Morgan fingerprint density at radius 2 is 1.80 bits per heavy atom. The number of guanidine groups is 1. The maximum atomic E-state index is 12.8. The average Bonchev–Trinajstić information content (AvgIpc) is 3.15. The molecule has 2 aliphatic heterocycles. The van der Waals surface area contributed by atoms with Crippen molar-refractivity contribution in [2.45, 2.75) is 32.2 Å². The van der Waals surface area contributed by atoms with Crippen molar-refractivity contribution >= 4 is 41.8 Å². The second-order valence-electron chi connectivity index (χ2n) is 7.86. The number of piperazine rings is 1. The fourth-order valence-corrected chi connectivity index (χ4v) is 3.64. The van der Waals surface area contributed by atoms with E-state index >= 15 is 0 Å². The van der Waals surface area contributed by atoms with Crippen molar-refractivity contribution in [2.75, 3.05) is 80.2 Å². The summed E-state index contributed by atoms with van der Waals surface area (Å²) in [7, 11) is 5.50. The van der Waals surface area contributed by atoms with Crippen LogP contribution >= 0.6 is 24.0 Å². The second-order valence-corrected chi connectivity index (χ2v) is 7.86. The first-order chi connectivity index (χ1) is 13.9. The van der Waals surface area contributed by atoms with Gasteiger partial charge in [-0.25, -0.2) is 4.99 Å². The third-order valence-electron chi connectivity index (χ3n) is 5.51. The zero-order valence-corrected chi connectivity index (χ0v) is 21.3. The number of likely N-dealkylation sites (tertiary alicyclic amines) is 1. The van der Waals surface area contributed by atoms with E-state index in [1.165, 1.54) is 0 Å². The van der Waals surface area contributed by atoms with E-state index in [4.69, 9.17) is 4.74 Å². The van der Waals surface area contributed by atoms with E-state index in [0.29, 0.717) is 26.3 Å². The Hall–Kier alpha value is -1.14. The number of aliphatic imine (C=N–C) groups is 1. The minimum Gasteiger partial charge on any atom is -0.382 e. The molecule has 2 saturated heterocycles. The number of amides is 2. The minimum atomic E-state index is -0.0308. The normalized spacial score (nSPS) is 20.1. The van der Waals surface area contributed by atoms with Crippen molar-refractivity contribution in [3.8, 4) is 0 Å². The molecule has 0 radical (unpaired) electrons. The molecule has 0 saturated carbocycles. The number of rotatable bonds is 8. The summed E-state index contributed by atoms with van der Waals surface area (Å²) in [6.45, 7) is 8.05. The first kappa shape index (κ1) is 26.9. The Morgan fingerprint density at radius 1 is 1.13 bits per heavy atom. The maximum absolute atomic E-state index is 12.8. The minimum absolute atomic E-state index is 0. The van der Waals surface area contributed by atoms with Crippen LogP contribution in [0.3, 0.4) is 0 Å². The van der Waals surface area contributed by atoms with Crippen molar-refractivity contribution in [1.29, 1.82) is 0 Å². The highest BCUT2D eigenvalue weighted by atomic mass is 127. The number of halogens is 1. The molecule has 0 aliphatic carbocycles. The molecule has 30 heavy (non-hydrogen) atoms. The maximum Gasteiger partial charge on any atom is 0.243 e. The van der Waals surface area contributed by atoms with Gasteiger partial charge in [0.1, 0.15) is 6.54 Å². The highest BCUT2D eigenvalue weighted by Crippen LogP contribution is 2.18. The Bertz CT molecular complexity index is 567. The quantitative estimate of drug-likeness (QED) is 0.207. The van der Waals surface area contributed by atoms with E-state index in [1.807, 2.05) is 18.9 Å². The first-order valence-corrected chi connectivity index (χ1v) is 10.7. The monoisotopic (exact) mass is 538 g/mol. The van der Waals surface area contributed by atoms with Crippen LogP contribution in [-0.2, 0) is 14.3 Å². The van der Waals surface area contributed by atoms with Crippen LogP contribution in [0.2, 0.25) is 0 Å². The number of nitrogens with zero attached hydrogens (tertiary/aromatic N) is 5. The van der Waals surface area contributed by atoms with Crippen LogP contribution in [0.5, 0.6) is 0 Å². The summed E-state index contributed by atoms with van der Waals surface area (Å²) < 4.78 is 5.39. The van der Waals surface area contributed by atoms with Gasteiger partial charge in [0.15, 0.2) is 5.96 Å². The fraction of sp³-hybridized carbons (Fsp3) is 0.850. The molecule has 2 aliphatic rings. The predicted octanol–water partition coefficient (Wildman–Crippen LogP) is 0.303. The number of carbonyl (C=O) groups excluding carboxylic acids is 2. The van der Waals surface area contributed by atoms with Gasteiger partial charge in [-0.05, 0) is 39.8 Å². The molecule has 1 atom stereocenters. The zero-order chi connectivity index (χ0) is 21.2. The SMILES string of the molecule is CCOCCCNC(=NCC(=O)N(C)C)N1CCN(C(=O)C2CCCN2C)CC1.I. The molecule has 2 amide bonds. The molecule has 0 bridgehead atoms. The molecule has 2 fully saturated rings. The summed E-state index contributed by atoms with van der Waals surface area (Å²) in [5, 5.41) is 3.36. The predicted molar refractivity (Wildman–Crippen MR) is 129 cm³/mol. The number of ether oxygens (including phenoxy) is 1. The highest BCUT2D eigenvalue weighted by molar-refractivity contribution is 14.0. The highest BCUT2D eigenvalue weighted by Gasteiger charge is 2.33. The summed E-state index contributed by atoms with van der Waals surface area (Å²) in [4.78, 5) is 37.1. The van der Waals surface area contributed by atoms with Crippen molar-refractivity contribution in [2.24, 2.45) is 4.99 Å². The molecule has 9 nitrogen and oxygen atoms in total. The lowest BCUT2D eigenvalue weighted by Crippen LogP contribution is -2.56. The Balaban J connectivity index is 0.00000450. The van der Waals surface area contributed by atoms with Gasteiger partial charge in [0.25, 0.3) is 0 Å².